The lowest BCUT2D eigenvalue weighted by Crippen LogP contribution is -2.28. The number of esters is 1. The van der Waals surface area contributed by atoms with Crippen LogP contribution in [0.5, 0.6) is 0 Å². The van der Waals surface area contributed by atoms with Crippen molar-refractivity contribution in [2.45, 2.75) is 77.2 Å². The number of hydrogen-bond acceptors (Lipinski definition) is 2. The van der Waals surface area contributed by atoms with Crippen LogP contribution in [0.25, 0.3) is 0 Å². The first-order valence-electron chi connectivity index (χ1n) is 7.66. The van der Waals surface area contributed by atoms with Gasteiger partial charge in [-0.1, -0.05) is 51.9 Å². The molecule has 1 aliphatic rings. The third-order valence-corrected chi connectivity index (χ3v) is 7.30. The van der Waals surface area contributed by atoms with Gasteiger partial charge in [-0.3, -0.25) is 4.79 Å². The summed E-state index contributed by atoms with van der Waals surface area (Å²) in [6, 6.07) is 0. The van der Waals surface area contributed by atoms with Crippen LogP contribution in [0.3, 0.4) is 0 Å². The molecule has 0 aromatic carbocycles. The average molecular weight is 282 g/mol. The Morgan fingerprint density at radius 1 is 1.16 bits per heavy atom. The molecule has 0 aromatic rings. The third-order valence-electron chi connectivity index (χ3n) is 4.37. The molecule has 2 unspecified atom stereocenters. The first kappa shape index (κ1) is 16.5. The summed E-state index contributed by atoms with van der Waals surface area (Å²) in [7, 11) is -1.14. The lowest BCUT2D eigenvalue weighted by molar-refractivity contribution is -0.146. The van der Waals surface area contributed by atoms with Gasteiger partial charge in [-0.15, -0.1) is 0 Å². The molecule has 0 aliphatic heterocycles. The van der Waals surface area contributed by atoms with Crippen molar-refractivity contribution in [3.05, 3.63) is 12.2 Å². The zero-order chi connectivity index (χ0) is 14.5. The Balaban J connectivity index is 2.68. The van der Waals surface area contributed by atoms with E-state index < -0.39 is 8.07 Å². The van der Waals surface area contributed by atoms with E-state index in [1.807, 2.05) is 0 Å². The van der Waals surface area contributed by atoms with Crippen molar-refractivity contribution in [3.63, 3.8) is 0 Å². The van der Waals surface area contributed by atoms with Gasteiger partial charge in [-0.2, -0.15) is 0 Å². The van der Waals surface area contributed by atoms with Crippen LogP contribution in [0, 0.1) is 5.92 Å². The van der Waals surface area contributed by atoms with Crippen molar-refractivity contribution in [2.24, 2.45) is 5.92 Å². The second kappa shape index (κ2) is 7.27. The van der Waals surface area contributed by atoms with Crippen LogP contribution in [-0.4, -0.2) is 20.1 Å². The molecule has 0 amide bonds. The minimum atomic E-state index is -1.14. The van der Waals surface area contributed by atoms with Crippen molar-refractivity contribution in [1.29, 1.82) is 0 Å². The van der Waals surface area contributed by atoms with Crippen molar-refractivity contribution in [1.82, 2.24) is 0 Å². The second-order valence-corrected chi connectivity index (χ2v) is 12.7. The smallest absolute Gasteiger partial charge is 0.303 e. The summed E-state index contributed by atoms with van der Waals surface area (Å²) < 4.78 is 5.54. The maximum Gasteiger partial charge on any atom is 0.303 e. The highest BCUT2D eigenvalue weighted by Crippen LogP contribution is 2.30. The van der Waals surface area contributed by atoms with Crippen molar-refractivity contribution < 1.29 is 9.53 Å². The van der Waals surface area contributed by atoms with Gasteiger partial charge in [0.2, 0.25) is 0 Å². The first-order chi connectivity index (χ1) is 8.80. The number of hydrogen-bond donors (Lipinski definition) is 0. The van der Waals surface area contributed by atoms with Gasteiger partial charge >= 0.3 is 5.97 Å². The predicted molar refractivity (Wildman–Crippen MR) is 84.0 cm³/mol. The van der Waals surface area contributed by atoms with Gasteiger partial charge in [0.1, 0.15) is 6.10 Å². The fraction of sp³-hybridized carbons (Fsp3) is 0.812. The van der Waals surface area contributed by atoms with Gasteiger partial charge in [-0.25, -0.2) is 0 Å². The molecule has 2 atom stereocenters. The number of carbonyl (C=O) groups excluding carboxylic acids is 1. The van der Waals surface area contributed by atoms with Crippen molar-refractivity contribution in [3.8, 4) is 0 Å². The van der Waals surface area contributed by atoms with Gasteiger partial charge in [0.15, 0.2) is 0 Å². The van der Waals surface area contributed by atoms with Crippen LogP contribution in [0.15, 0.2) is 12.2 Å². The van der Waals surface area contributed by atoms with Crippen molar-refractivity contribution >= 4 is 14.0 Å². The van der Waals surface area contributed by atoms with E-state index in [9.17, 15) is 4.79 Å². The molecule has 0 heterocycles. The fourth-order valence-electron chi connectivity index (χ4n) is 2.51. The van der Waals surface area contributed by atoms with E-state index in [0.29, 0.717) is 11.5 Å². The molecule has 1 aliphatic carbocycles. The second-order valence-electron chi connectivity index (χ2n) is 7.01. The van der Waals surface area contributed by atoms with Crippen molar-refractivity contribution in [2.75, 3.05) is 0 Å². The van der Waals surface area contributed by atoms with Gasteiger partial charge < -0.3 is 4.74 Å². The summed E-state index contributed by atoms with van der Waals surface area (Å²) >= 11 is 0. The van der Waals surface area contributed by atoms with E-state index >= 15 is 0 Å². The van der Waals surface area contributed by atoms with E-state index in [1.165, 1.54) is 39.0 Å². The largest absolute Gasteiger partial charge is 0.458 e. The molecule has 0 aromatic heterocycles. The molecule has 1 rings (SSSR count). The first-order valence-corrected chi connectivity index (χ1v) is 11.2. The highest BCUT2D eigenvalue weighted by molar-refractivity contribution is 6.77. The molecule has 110 valence electrons. The number of ether oxygens (including phenoxy) is 1. The average Bonchev–Trinajstić information content (AvgIpc) is 2.33. The molecular formula is C16H30O2Si. The monoisotopic (exact) mass is 282 g/mol. The zero-order valence-electron chi connectivity index (χ0n) is 13.2. The lowest BCUT2D eigenvalue weighted by atomic mass is 9.85. The standard InChI is InChI=1S/C16H30O2Si/c1-13(19(3,4)5)11-12-16(18-14(2)17)15-9-7-6-8-10-15/h11-13,15-16H,6-10H2,1-5H3/b12-11+. The molecular weight excluding hydrogens is 252 g/mol. The molecule has 0 bridgehead atoms. The van der Waals surface area contributed by atoms with Crippen LogP contribution >= 0.6 is 0 Å². The van der Waals surface area contributed by atoms with E-state index in [-0.39, 0.29) is 12.1 Å². The summed E-state index contributed by atoms with van der Waals surface area (Å²) in [5.41, 5.74) is 0.620. The molecule has 1 saturated carbocycles. The van der Waals surface area contributed by atoms with Gasteiger partial charge in [0, 0.05) is 6.92 Å². The van der Waals surface area contributed by atoms with Gasteiger partial charge in [-0.05, 0) is 30.4 Å². The van der Waals surface area contributed by atoms with Gasteiger partial charge in [0.05, 0.1) is 8.07 Å². The highest BCUT2D eigenvalue weighted by Gasteiger charge is 2.25. The normalized spacial score (nSPS) is 21.3. The Labute approximate surface area is 119 Å². The molecule has 2 nitrogen and oxygen atoms in total. The minimum absolute atomic E-state index is 0.00315. The number of allylic oxidation sites excluding steroid dienone is 1. The zero-order valence-corrected chi connectivity index (χ0v) is 14.2. The van der Waals surface area contributed by atoms with Crippen LogP contribution in [0.2, 0.25) is 25.2 Å². The topological polar surface area (TPSA) is 26.3 Å². The van der Waals surface area contributed by atoms with Crippen LogP contribution in [0.4, 0.5) is 0 Å². The van der Waals surface area contributed by atoms with E-state index in [2.05, 4.69) is 38.7 Å². The molecule has 0 radical (unpaired) electrons. The summed E-state index contributed by atoms with van der Waals surface area (Å²) in [6.45, 7) is 10.9. The molecule has 3 heteroatoms. The minimum Gasteiger partial charge on any atom is -0.458 e. The van der Waals surface area contributed by atoms with Crippen LogP contribution < -0.4 is 0 Å². The van der Waals surface area contributed by atoms with Gasteiger partial charge in [0.25, 0.3) is 0 Å². The Morgan fingerprint density at radius 2 is 1.74 bits per heavy atom. The Bertz CT molecular complexity index is 311. The summed E-state index contributed by atoms with van der Waals surface area (Å²) in [6.07, 6.45) is 10.7. The summed E-state index contributed by atoms with van der Waals surface area (Å²) in [4.78, 5) is 11.3. The van der Waals surface area contributed by atoms with E-state index in [4.69, 9.17) is 4.74 Å². The van der Waals surface area contributed by atoms with Crippen LogP contribution in [0.1, 0.15) is 46.0 Å². The highest BCUT2D eigenvalue weighted by atomic mass is 28.3. The molecule has 0 saturated heterocycles. The molecule has 0 spiro atoms. The summed E-state index contributed by atoms with van der Waals surface area (Å²) in [5, 5.41) is 0. The molecule has 0 N–H and O–H groups in total. The number of rotatable bonds is 5. The molecule has 1 fully saturated rings. The Kier molecular flexibility index (Phi) is 6.31. The Hall–Kier alpha value is -0.573. The maximum absolute atomic E-state index is 11.3. The lowest BCUT2D eigenvalue weighted by Gasteiger charge is -2.29. The molecule has 19 heavy (non-hydrogen) atoms. The number of carbonyl (C=O) groups is 1. The third kappa shape index (κ3) is 5.94. The predicted octanol–water partition coefficient (Wildman–Crippen LogP) is 4.78. The summed E-state index contributed by atoms with van der Waals surface area (Å²) in [5.74, 6) is 0.378. The maximum atomic E-state index is 11.3. The fourth-order valence-corrected chi connectivity index (χ4v) is 3.20. The van der Waals surface area contributed by atoms with Crippen LogP contribution in [-0.2, 0) is 9.53 Å². The SMILES string of the molecule is CC(=O)OC(/C=C/C(C)[Si](C)(C)C)C1CCCCC1. The van der Waals surface area contributed by atoms with E-state index in [1.54, 1.807) is 0 Å². The quantitative estimate of drug-likeness (QED) is 0.412. The Morgan fingerprint density at radius 3 is 2.21 bits per heavy atom. The van der Waals surface area contributed by atoms with E-state index in [0.717, 1.165) is 0 Å².